The molecule has 4 nitrogen and oxygen atoms in total. The number of halogens is 2. The summed E-state index contributed by atoms with van der Waals surface area (Å²) in [6.07, 6.45) is 3.43. The first kappa shape index (κ1) is 14.0. The van der Waals surface area contributed by atoms with Crippen LogP contribution in [0, 0.1) is 11.3 Å². The first-order valence-electron chi connectivity index (χ1n) is 6.04. The number of pyridine rings is 2. The Hall–Kier alpha value is -1.97. The topological polar surface area (TPSA) is 61.6 Å². The fourth-order valence-electron chi connectivity index (χ4n) is 1.97. The molecule has 6 heteroatoms. The Bertz CT molecular complexity index is 871. The molecule has 0 bridgehead atoms. The lowest BCUT2D eigenvalue weighted by atomic mass is 10.2. The minimum Gasteiger partial charge on any atom is -0.353 e. The lowest BCUT2D eigenvalue weighted by molar-refractivity contribution is 1.32. The zero-order valence-corrected chi connectivity index (χ0v) is 13.8. The van der Waals surface area contributed by atoms with E-state index in [4.69, 9.17) is 0 Å². The van der Waals surface area contributed by atoms with Gasteiger partial charge in [-0.1, -0.05) is 15.9 Å². The van der Waals surface area contributed by atoms with Crippen LogP contribution in [0.1, 0.15) is 5.56 Å². The van der Waals surface area contributed by atoms with Crippen LogP contribution in [-0.2, 0) is 0 Å². The molecule has 0 fully saturated rings. The average Bonchev–Trinajstić information content (AvgIpc) is 2.47. The summed E-state index contributed by atoms with van der Waals surface area (Å²) in [6.45, 7) is 0. The van der Waals surface area contributed by atoms with Gasteiger partial charge in [-0.25, -0.2) is 0 Å². The summed E-state index contributed by atoms with van der Waals surface area (Å²) >= 11 is 6.80. The highest BCUT2D eigenvalue weighted by Crippen LogP contribution is 2.28. The van der Waals surface area contributed by atoms with Crippen LogP contribution >= 0.6 is 31.9 Å². The maximum absolute atomic E-state index is 9.20. The molecule has 0 aliphatic heterocycles. The molecule has 0 aliphatic rings. The van der Waals surface area contributed by atoms with Gasteiger partial charge in [-0.2, -0.15) is 5.26 Å². The van der Waals surface area contributed by atoms with Crippen molar-refractivity contribution in [2.24, 2.45) is 0 Å². The maximum Gasteiger partial charge on any atom is 0.112 e. The van der Waals surface area contributed by atoms with Crippen LogP contribution in [0.15, 0.2) is 51.7 Å². The van der Waals surface area contributed by atoms with E-state index in [1.54, 1.807) is 18.5 Å². The number of aromatic nitrogens is 2. The predicted molar refractivity (Wildman–Crippen MR) is 89.4 cm³/mol. The molecule has 3 aromatic rings. The minimum absolute atomic E-state index is 0.570. The highest BCUT2D eigenvalue weighted by atomic mass is 79.9. The van der Waals surface area contributed by atoms with Gasteiger partial charge in [0.15, 0.2) is 0 Å². The summed E-state index contributed by atoms with van der Waals surface area (Å²) in [5, 5.41) is 12.5. The highest BCUT2D eigenvalue weighted by Gasteiger charge is 2.08. The van der Waals surface area contributed by atoms with Crippen LogP contribution < -0.4 is 5.32 Å². The second-order valence-corrected chi connectivity index (χ2v) is 6.14. The lowest BCUT2D eigenvalue weighted by Gasteiger charge is -2.10. The fourth-order valence-corrected chi connectivity index (χ4v) is 2.65. The zero-order valence-electron chi connectivity index (χ0n) is 10.6. The molecule has 0 radical (unpaired) electrons. The first-order valence-corrected chi connectivity index (χ1v) is 7.63. The zero-order chi connectivity index (χ0) is 14.8. The third-order valence-corrected chi connectivity index (χ3v) is 3.84. The number of hydrogen-bond donors (Lipinski definition) is 1. The molecule has 102 valence electrons. The van der Waals surface area contributed by atoms with Crippen LogP contribution in [0.3, 0.4) is 0 Å². The molecular formula is C15H8Br2N4. The number of hydrogen-bond acceptors (Lipinski definition) is 4. The van der Waals surface area contributed by atoms with Crippen LogP contribution in [-0.4, -0.2) is 9.97 Å². The number of nitrogens with one attached hydrogen (secondary N) is 1. The smallest absolute Gasteiger partial charge is 0.112 e. The van der Waals surface area contributed by atoms with Crippen LogP contribution in [0.5, 0.6) is 0 Å². The molecule has 3 rings (SSSR count). The van der Waals surface area contributed by atoms with Crippen molar-refractivity contribution in [1.29, 1.82) is 5.26 Å². The van der Waals surface area contributed by atoms with E-state index in [0.29, 0.717) is 5.56 Å². The van der Waals surface area contributed by atoms with Gasteiger partial charge in [-0.3, -0.25) is 9.97 Å². The Morgan fingerprint density at radius 1 is 1.00 bits per heavy atom. The Balaban J connectivity index is 2.11. The van der Waals surface area contributed by atoms with Crippen LogP contribution in [0.25, 0.3) is 11.0 Å². The van der Waals surface area contributed by atoms with E-state index in [1.807, 2.05) is 24.3 Å². The van der Waals surface area contributed by atoms with Gasteiger partial charge >= 0.3 is 0 Å². The van der Waals surface area contributed by atoms with E-state index >= 15 is 0 Å². The Morgan fingerprint density at radius 2 is 1.86 bits per heavy atom. The SMILES string of the molecule is N#Cc1ccc(Br)cc1Nc1ccnc2cc(Br)cnc12. The Labute approximate surface area is 138 Å². The molecule has 0 atom stereocenters. The molecule has 1 N–H and O–H groups in total. The van der Waals surface area contributed by atoms with Crippen molar-refractivity contribution in [3.63, 3.8) is 0 Å². The lowest BCUT2D eigenvalue weighted by Crippen LogP contribution is -1.96. The van der Waals surface area contributed by atoms with E-state index in [2.05, 4.69) is 53.2 Å². The van der Waals surface area contributed by atoms with Gasteiger partial charge in [-0.05, 0) is 46.3 Å². The third-order valence-electron chi connectivity index (χ3n) is 2.92. The molecule has 2 heterocycles. The second-order valence-electron chi connectivity index (χ2n) is 4.31. The van der Waals surface area contributed by atoms with E-state index < -0.39 is 0 Å². The number of fused-ring (bicyclic) bond motifs is 1. The molecule has 0 amide bonds. The quantitative estimate of drug-likeness (QED) is 0.669. The summed E-state index contributed by atoms with van der Waals surface area (Å²) in [5.74, 6) is 0. The molecular weight excluding hydrogens is 396 g/mol. The van der Waals surface area contributed by atoms with E-state index in [1.165, 1.54) is 0 Å². The van der Waals surface area contributed by atoms with Gasteiger partial charge in [0.1, 0.15) is 11.6 Å². The van der Waals surface area contributed by atoms with Crippen molar-refractivity contribution in [3.05, 3.63) is 57.2 Å². The van der Waals surface area contributed by atoms with Gasteiger partial charge in [0, 0.05) is 21.3 Å². The number of nitriles is 1. The Morgan fingerprint density at radius 3 is 2.67 bits per heavy atom. The summed E-state index contributed by atoms with van der Waals surface area (Å²) < 4.78 is 1.78. The van der Waals surface area contributed by atoms with Crippen molar-refractivity contribution in [3.8, 4) is 6.07 Å². The van der Waals surface area contributed by atoms with Crippen molar-refractivity contribution < 1.29 is 0 Å². The standard InChI is InChI=1S/C15H8Br2N4/c16-10-2-1-9(7-18)13(5-10)21-12-3-4-19-14-6-11(17)8-20-15(12)14/h1-6,8H,(H,19,21). The minimum atomic E-state index is 0.570. The van der Waals surface area contributed by atoms with Crippen LogP contribution in [0.4, 0.5) is 11.4 Å². The fraction of sp³-hybridized carbons (Fsp3) is 0. The third kappa shape index (κ3) is 2.89. The molecule has 0 unspecified atom stereocenters. The van der Waals surface area contributed by atoms with E-state index in [0.717, 1.165) is 31.4 Å². The van der Waals surface area contributed by atoms with Crippen molar-refractivity contribution in [2.75, 3.05) is 5.32 Å². The number of rotatable bonds is 2. The van der Waals surface area contributed by atoms with Gasteiger partial charge in [0.25, 0.3) is 0 Å². The highest BCUT2D eigenvalue weighted by molar-refractivity contribution is 9.10. The summed E-state index contributed by atoms with van der Waals surface area (Å²) in [7, 11) is 0. The normalized spacial score (nSPS) is 10.3. The van der Waals surface area contributed by atoms with Crippen molar-refractivity contribution >= 4 is 54.3 Å². The molecule has 21 heavy (non-hydrogen) atoms. The molecule has 0 saturated heterocycles. The van der Waals surface area contributed by atoms with E-state index in [9.17, 15) is 5.26 Å². The summed E-state index contributed by atoms with van der Waals surface area (Å²) in [5.41, 5.74) is 3.64. The van der Waals surface area contributed by atoms with Gasteiger partial charge in [0.2, 0.25) is 0 Å². The molecule has 0 spiro atoms. The molecule has 0 saturated carbocycles. The van der Waals surface area contributed by atoms with Crippen molar-refractivity contribution in [1.82, 2.24) is 9.97 Å². The average molecular weight is 404 g/mol. The number of anilines is 2. The van der Waals surface area contributed by atoms with Gasteiger partial charge in [0.05, 0.1) is 22.5 Å². The molecule has 1 aromatic carbocycles. The predicted octanol–water partition coefficient (Wildman–Crippen LogP) is 4.77. The van der Waals surface area contributed by atoms with Gasteiger partial charge < -0.3 is 5.32 Å². The first-order chi connectivity index (χ1) is 10.2. The number of nitrogens with zero attached hydrogens (tertiary/aromatic N) is 3. The summed E-state index contributed by atoms with van der Waals surface area (Å²) in [4.78, 5) is 8.69. The Kier molecular flexibility index (Phi) is 3.86. The molecule has 2 aromatic heterocycles. The monoisotopic (exact) mass is 402 g/mol. The van der Waals surface area contributed by atoms with Crippen LogP contribution in [0.2, 0.25) is 0 Å². The largest absolute Gasteiger partial charge is 0.353 e. The number of benzene rings is 1. The maximum atomic E-state index is 9.20. The summed E-state index contributed by atoms with van der Waals surface area (Å²) in [6, 6.07) is 11.4. The van der Waals surface area contributed by atoms with Gasteiger partial charge in [-0.15, -0.1) is 0 Å². The second kappa shape index (κ2) is 5.80. The molecule has 0 aliphatic carbocycles. The van der Waals surface area contributed by atoms with E-state index in [-0.39, 0.29) is 0 Å². The van der Waals surface area contributed by atoms with Crippen molar-refractivity contribution in [2.45, 2.75) is 0 Å².